The maximum atomic E-state index is 11.6. The molecule has 0 radical (unpaired) electrons. The van der Waals surface area contributed by atoms with Crippen molar-refractivity contribution in [3.8, 4) is 0 Å². The molecule has 0 spiro atoms. The molecule has 2 aromatic carbocycles. The first-order valence-electron chi connectivity index (χ1n) is 11.1. The third kappa shape index (κ3) is 14.3. The second-order valence-electron chi connectivity index (χ2n) is 7.47. The fraction of sp³-hybridized carbons (Fsp3) is 0.462. The van der Waals surface area contributed by atoms with Crippen molar-refractivity contribution in [1.29, 1.82) is 0 Å². The molecule has 0 aliphatic rings. The van der Waals surface area contributed by atoms with Crippen molar-refractivity contribution in [2.45, 2.75) is 64.2 Å². The van der Waals surface area contributed by atoms with Crippen LogP contribution in [0.2, 0.25) is 0 Å². The van der Waals surface area contributed by atoms with Crippen LogP contribution in [-0.4, -0.2) is 37.7 Å². The molecule has 0 unspecified atom stereocenters. The molecule has 0 N–H and O–H groups in total. The number of methoxy groups -OCH3 is 2. The minimum absolute atomic E-state index is 0. The third-order valence-electron chi connectivity index (χ3n) is 4.99. The number of unbranched alkanes of at least 4 members (excludes halogenated alkanes) is 4. The smallest absolute Gasteiger partial charge is 0.305 e. The Morgan fingerprint density at radius 2 is 1.09 bits per heavy atom. The Morgan fingerprint density at radius 1 is 0.667 bits per heavy atom. The maximum Gasteiger partial charge on any atom is 0.305 e. The van der Waals surface area contributed by atoms with Gasteiger partial charge in [0.15, 0.2) is 0 Å². The molecule has 2 rings (SSSR count). The molecule has 33 heavy (non-hydrogen) atoms. The van der Waals surface area contributed by atoms with E-state index in [0.29, 0.717) is 25.7 Å². The molecule has 6 nitrogen and oxygen atoms in total. The number of carbonyl (C=O) groups is 4. The summed E-state index contributed by atoms with van der Waals surface area (Å²) in [4.78, 5) is 44.7. The van der Waals surface area contributed by atoms with Gasteiger partial charge in [-0.3, -0.25) is 15.4 Å². The van der Waals surface area contributed by atoms with Crippen molar-refractivity contribution in [1.82, 2.24) is 0 Å². The normalized spacial score (nSPS) is 9.76. The number of ketones is 2. The molecule has 0 atom stereocenters. The second kappa shape index (κ2) is 19.0. The molecule has 0 bridgehead atoms. The van der Waals surface area contributed by atoms with Crippen molar-refractivity contribution in [2.24, 2.45) is 0 Å². The predicted octanol–water partition coefficient (Wildman–Crippen LogP) is 5.42. The van der Waals surface area contributed by atoms with Crippen LogP contribution < -0.4 is 0 Å². The van der Waals surface area contributed by atoms with Crippen LogP contribution in [0.5, 0.6) is 0 Å². The fourth-order valence-corrected chi connectivity index (χ4v) is 3.08. The molecule has 0 amide bonds. The molecule has 0 aliphatic heterocycles. The fourth-order valence-electron chi connectivity index (χ4n) is 3.08. The summed E-state index contributed by atoms with van der Waals surface area (Å²) in [5, 5.41) is 0. The van der Waals surface area contributed by atoms with Crippen LogP contribution >= 0.6 is 0 Å². The van der Waals surface area contributed by atoms with Gasteiger partial charge in [-0.05, 0) is 25.7 Å². The Morgan fingerprint density at radius 3 is 1.55 bits per heavy atom. The van der Waals surface area contributed by atoms with E-state index < -0.39 is 0 Å². The van der Waals surface area contributed by atoms with Crippen molar-refractivity contribution >= 4 is 23.5 Å². The van der Waals surface area contributed by atoms with E-state index in [2.05, 4.69) is 9.47 Å². The summed E-state index contributed by atoms with van der Waals surface area (Å²) in [6.45, 7) is 0. The molecule has 7 heteroatoms. The summed E-state index contributed by atoms with van der Waals surface area (Å²) in [6, 6.07) is 14.8. The molecule has 0 aliphatic carbocycles. The number of esters is 2. The van der Waals surface area contributed by atoms with E-state index in [1.54, 1.807) is 0 Å². The topological polar surface area (TPSA) is 86.7 Å². The van der Waals surface area contributed by atoms with Gasteiger partial charge in [-0.1, -0.05) is 24.8 Å². The first-order chi connectivity index (χ1) is 15.5. The Hall–Kier alpha value is -2.50. The number of carbonyl (C=O) groups excluding carboxylic acids is 4. The molecule has 0 fully saturated rings. The van der Waals surface area contributed by atoms with E-state index in [1.807, 2.05) is 48.5 Å². The number of Topliss-reactive ketones (excluding diaryl/α,β-unsaturated/α-hetero) is 2. The van der Waals surface area contributed by atoms with E-state index in [1.165, 1.54) is 14.2 Å². The summed E-state index contributed by atoms with van der Waals surface area (Å²) >= 11 is 0. The first kappa shape index (κ1) is 30.5. The van der Waals surface area contributed by atoms with Gasteiger partial charge < -0.3 is 48.9 Å². The van der Waals surface area contributed by atoms with Crippen molar-refractivity contribution in [2.75, 3.05) is 14.2 Å². The number of ether oxygens (including phenoxy) is 2. The van der Waals surface area contributed by atoms with Crippen LogP contribution in [0.25, 0.3) is 0 Å². The molecule has 0 aromatic heterocycles. The van der Waals surface area contributed by atoms with Gasteiger partial charge in [-0.25, -0.2) is 12.1 Å². The largest absolute Gasteiger partial charge is 0.718 e. The number of hydrogen-bond donors (Lipinski definition) is 0. The summed E-state index contributed by atoms with van der Waals surface area (Å²) < 4.78 is 9.06. The molecular weight excluding hydrogens is 464 g/mol. The van der Waals surface area contributed by atoms with Gasteiger partial charge in [-0.15, -0.1) is 6.42 Å². The van der Waals surface area contributed by atoms with Crippen molar-refractivity contribution in [3.63, 3.8) is 0 Å². The van der Waals surface area contributed by atoms with Gasteiger partial charge in [0, 0.05) is 29.9 Å². The van der Waals surface area contributed by atoms with Crippen molar-refractivity contribution < 1.29 is 45.7 Å². The summed E-state index contributed by atoms with van der Waals surface area (Å²) in [5.41, 5.74) is 1.57. The third-order valence-corrected chi connectivity index (χ3v) is 4.99. The van der Waals surface area contributed by atoms with Gasteiger partial charge in [0.25, 0.3) is 0 Å². The maximum absolute atomic E-state index is 11.6. The zero-order valence-electron chi connectivity index (χ0n) is 19.5. The van der Waals surface area contributed by atoms with Gasteiger partial charge in [0.2, 0.25) is 0 Å². The first-order valence-corrected chi connectivity index (χ1v) is 11.1. The predicted molar refractivity (Wildman–Crippen MR) is 123 cm³/mol. The van der Waals surface area contributed by atoms with Crippen LogP contribution in [0.3, 0.4) is 0 Å². The van der Waals surface area contributed by atoms with E-state index >= 15 is 0 Å². The molecular formula is C26H34FeO6-6. The summed E-state index contributed by atoms with van der Waals surface area (Å²) in [6.07, 6.45) is 7.05. The molecule has 188 valence electrons. The van der Waals surface area contributed by atoms with Crippen LogP contribution in [0.15, 0.2) is 48.5 Å². The van der Waals surface area contributed by atoms with Crippen LogP contribution in [0.4, 0.5) is 0 Å². The van der Waals surface area contributed by atoms with Crippen LogP contribution in [0, 0.1) is 0 Å². The molecule has 0 heterocycles. The van der Waals surface area contributed by atoms with Gasteiger partial charge in [0.1, 0.15) is 5.78 Å². The molecule has 0 saturated heterocycles. The monoisotopic (exact) mass is 498 g/mol. The van der Waals surface area contributed by atoms with E-state index in [4.69, 9.17) is 0 Å². The van der Waals surface area contributed by atoms with E-state index in [-0.39, 0.29) is 40.6 Å². The van der Waals surface area contributed by atoms with Gasteiger partial charge in [0.05, 0.1) is 14.2 Å². The number of hydrogen-bond acceptors (Lipinski definition) is 6. The Balaban J connectivity index is 0.000000602. The van der Waals surface area contributed by atoms with Crippen LogP contribution in [-0.2, 0) is 36.1 Å². The average Bonchev–Trinajstić information content (AvgIpc) is 3.53. The molecule has 0 saturated carbocycles. The zero-order chi connectivity index (χ0) is 23.6. The Bertz CT molecular complexity index is 725. The second-order valence-corrected chi connectivity index (χ2v) is 7.47. The average molecular weight is 498 g/mol. The summed E-state index contributed by atoms with van der Waals surface area (Å²) in [5.74, 6) is 0.0101. The quantitative estimate of drug-likeness (QED) is 0.114. The standard InChI is InChI=1S/2C13H17O3.Fe/c2*1-16-13(15)10-4-2-3-9-12(14)11-7-5-6-8-11;/h2*5-8H,2-4,9-10H2,1H3;/q-5;-1;. The minimum atomic E-state index is -0.178. The molecule has 2 aromatic rings. The van der Waals surface area contributed by atoms with E-state index in [0.717, 1.165) is 49.7 Å². The van der Waals surface area contributed by atoms with E-state index in [9.17, 15) is 19.2 Å². The SMILES string of the molecule is COC(=O)CCCCCC(=O)[c-]1[cH-][cH-][cH-][cH-]1.COC(=O)CCCCCC(=O)[c-]1cccc1.[Fe]. The zero-order valence-corrected chi connectivity index (χ0v) is 20.6. The number of rotatable bonds is 14. The minimum Gasteiger partial charge on any atom is -0.718 e. The van der Waals surface area contributed by atoms with Gasteiger partial charge >= 0.3 is 11.9 Å². The Labute approximate surface area is 207 Å². The van der Waals surface area contributed by atoms with Crippen molar-refractivity contribution in [3.05, 3.63) is 59.7 Å². The summed E-state index contributed by atoms with van der Waals surface area (Å²) in [7, 11) is 2.78. The Kier molecular flexibility index (Phi) is 17.6. The van der Waals surface area contributed by atoms with Crippen LogP contribution in [0.1, 0.15) is 84.9 Å². The van der Waals surface area contributed by atoms with Gasteiger partial charge in [-0.2, -0.15) is 12.1 Å².